The molecule has 0 saturated carbocycles. The minimum Gasteiger partial charge on any atom is -0.442 e. The summed E-state index contributed by atoms with van der Waals surface area (Å²) in [4.78, 5) is 0. The average Bonchev–Trinajstić information content (AvgIpc) is 2.95. The Kier molecular flexibility index (Phi) is 8.85. The number of aliphatic hydroxyl groups is 2. The highest BCUT2D eigenvalue weighted by Gasteiger charge is 2.49. The van der Waals surface area contributed by atoms with Crippen LogP contribution in [0.15, 0.2) is 121 Å². The zero-order chi connectivity index (χ0) is 24.4. The maximum Gasteiger partial charge on any atom is 0.245 e. The van der Waals surface area contributed by atoms with E-state index in [4.69, 9.17) is 4.12 Å². The van der Waals surface area contributed by atoms with Gasteiger partial charge >= 0.3 is 0 Å². The lowest BCUT2D eigenvalue weighted by molar-refractivity contribution is 0.291. The summed E-state index contributed by atoms with van der Waals surface area (Å²) in [7, 11) is -5.60. The fraction of sp³-hybridized carbons (Fsp3) is 0.200. The van der Waals surface area contributed by atoms with Crippen molar-refractivity contribution in [2.24, 2.45) is 0 Å². The van der Waals surface area contributed by atoms with Gasteiger partial charge in [0.05, 0.1) is 0 Å². The van der Waals surface area contributed by atoms with Gasteiger partial charge in [-0.15, -0.1) is 0 Å². The lowest BCUT2D eigenvalue weighted by Crippen LogP contribution is -2.72. The Hall–Kier alpha value is -2.81. The minimum atomic E-state index is -2.80. The first-order valence-corrected chi connectivity index (χ1v) is 16.6. The Balaban J connectivity index is 2.01. The molecular formula is C30H34O3Si2. The van der Waals surface area contributed by atoms with E-state index in [1.54, 1.807) is 0 Å². The van der Waals surface area contributed by atoms with E-state index in [-0.39, 0.29) is 13.2 Å². The number of rotatable bonds is 12. The molecule has 0 spiro atoms. The average molecular weight is 499 g/mol. The molecule has 180 valence electrons. The van der Waals surface area contributed by atoms with Gasteiger partial charge in [-0.3, -0.25) is 0 Å². The molecule has 35 heavy (non-hydrogen) atoms. The summed E-state index contributed by atoms with van der Waals surface area (Å²) < 4.78 is 7.83. The second-order valence-corrected chi connectivity index (χ2v) is 16.3. The van der Waals surface area contributed by atoms with E-state index in [1.165, 1.54) is 20.7 Å². The third kappa shape index (κ3) is 5.55. The summed E-state index contributed by atoms with van der Waals surface area (Å²) in [6, 6.07) is 44.0. The van der Waals surface area contributed by atoms with E-state index < -0.39 is 16.6 Å². The molecule has 3 nitrogen and oxygen atoms in total. The van der Waals surface area contributed by atoms with Gasteiger partial charge in [-0.05, 0) is 45.7 Å². The van der Waals surface area contributed by atoms with Crippen LogP contribution in [0, 0.1) is 0 Å². The predicted octanol–water partition coefficient (Wildman–Crippen LogP) is 3.29. The van der Waals surface area contributed by atoms with Crippen LogP contribution >= 0.6 is 0 Å². The van der Waals surface area contributed by atoms with E-state index in [0.717, 1.165) is 12.1 Å². The molecule has 0 fully saturated rings. The maximum atomic E-state index is 9.94. The summed E-state index contributed by atoms with van der Waals surface area (Å²) in [6.45, 7) is 0.249. The van der Waals surface area contributed by atoms with Gasteiger partial charge in [0.15, 0.2) is 0 Å². The molecule has 5 heteroatoms. The van der Waals surface area contributed by atoms with Crippen LogP contribution in [0.5, 0.6) is 0 Å². The molecule has 0 radical (unpaired) electrons. The van der Waals surface area contributed by atoms with Gasteiger partial charge in [0.2, 0.25) is 16.6 Å². The molecule has 4 rings (SSSR count). The summed E-state index contributed by atoms with van der Waals surface area (Å²) >= 11 is 0. The van der Waals surface area contributed by atoms with Gasteiger partial charge < -0.3 is 14.3 Å². The molecule has 0 bridgehead atoms. The quantitative estimate of drug-likeness (QED) is 0.295. The zero-order valence-corrected chi connectivity index (χ0v) is 22.1. The Morgan fingerprint density at radius 3 is 0.914 bits per heavy atom. The topological polar surface area (TPSA) is 49.7 Å². The maximum absolute atomic E-state index is 9.94. The summed E-state index contributed by atoms with van der Waals surface area (Å²) in [6.07, 6.45) is 1.34. The van der Waals surface area contributed by atoms with E-state index in [9.17, 15) is 10.2 Å². The van der Waals surface area contributed by atoms with Crippen molar-refractivity contribution in [2.75, 3.05) is 13.2 Å². The highest BCUT2D eigenvalue weighted by molar-refractivity contribution is 7.09. The second-order valence-electron chi connectivity index (χ2n) is 8.87. The number of benzene rings is 4. The van der Waals surface area contributed by atoms with Crippen molar-refractivity contribution >= 4 is 37.4 Å². The molecule has 0 aromatic heterocycles. The summed E-state index contributed by atoms with van der Waals surface area (Å²) in [5.41, 5.74) is 0. The Bertz CT molecular complexity index is 967. The Morgan fingerprint density at radius 2 is 0.686 bits per heavy atom. The highest BCUT2D eigenvalue weighted by atomic mass is 28.4. The largest absolute Gasteiger partial charge is 0.442 e. The van der Waals surface area contributed by atoms with E-state index in [2.05, 4.69) is 97.1 Å². The molecule has 0 atom stereocenters. The van der Waals surface area contributed by atoms with Gasteiger partial charge in [-0.2, -0.15) is 0 Å². The Morgan fingerprint density at radius 1 is 0.429 bits per heavy atom. The lowest BCUT2D eigenvalue weighted by atomic mass is 10.4. The SMILES string of the molecule is OCCC[Si](O[Si](CCCO)(c1ccccc1)c1ccccc1)(c1ccccc1)c1ccccc1. The Labute approximate surface area is 211 Å². The molecule has 4 aromatic carbocycles. The summed E-state index contributed by atoms with van der Waals surface area (Å²) in [5, 5.41) is 24.7. The number of aliphatic hydroxyl groups excluding tert-OH is 2. The number of hydrogen-bond acceptors (Lipinski definition) is 3. The first-order chi connectivity index (χ1) is 17.2. The molecule has 0 saturated heterocycles. The number of hydrogen-bond donors (Lipinski definition) is 2. The van der Waals surface area contributed by atoms with Gasteiger partial charge in [0.1, 0.15) is 0 Å². The fourth-order valence-electron chi connectivity index (χ4n) is 5.03. The van der Waals surface area contributed by atoms with Crippen molar-refractivity contribution in [1.82, 2.24) is 0 Å². The van der Waals surface area contributed by atoms with Crippen molar-refractivity contribution in [3.63, 3.8) is 0 Å². The van der Waals surface area contributed by atoms with Crippen LogP contribution in [0.25, 0.3) is 0 Å². The third-order valence-electron chi connectivity index (χ3n) is 6.68. The molecule has 4 aromatic rings. The van der Waals surface area contributed by atoms with Crippen LogP contribution in [0.1, 0.15) is 12.8 Å². The van der Waals surface area contributed by atoms with Crippen molar-refractivity contribution in [1.29, 1.82) is 0 Å². The molecule has 2 N–H and O–H groups in total. The van der Waals surface area contributed by atoms with Crippen molar-refractivity contribution < 1.29 is 14.3 Å². The van der Waals surface area contributed by atoms with Crippen LogP contribution in [0.2, 0.25) is 12.1 Å². The molecule has 0 aliphatic carbocycles. The molecule has 0 aliphatic heterocycles. The van der Waals surface area contributed by atoms with Gasteiger partial charge in [-0.25, -0.2) is 0 Å². The molecule has 0 unspecified atom stereocenters. The lowest BCUT2D eigenvalue weighted by Gasteiger charge is -2.43. The van der Waals surface area contributed by atoms with Crippen molar-refractivity contribution in [2.45, 2.75) is 24.9 Å². The van der Waals surface area contributed by atoms with Crippen LogP contribution in [0.3, 0.4) is 0 Å². The first kappa shape index (κ1) is 25.3. The normalized spacial score (nSPS) is 11.9. The van der Waals surface area contributed by atoms with Crippen LogP contribution in [-0.4, -0.2) is 40.1 Å². The van der Waals surface area contributed by atoms with Crippen molar-refractivity contribution in [3.05, 3.63) is 121 Å². The van der Waals surface area contributed by atoms with Crippen LogP contribution < -0.4 is 20.7 Å². The second kappa shape index (κ2) is 12.2. The van der Waals surface area contributed by atoms with Crippen molar-refractivity contribution in [3.8, 4) is 0 Å². The van der Waals surface area contributed by atoms with Gasteiger partial charge in [0, 0.05) is 13.2 Å². The summed E-state index contributed by atoms with van der Waals surface area (Å²) in [5.74, 6) is 0. The predicted molar refractivity (Wildman–Crippen MR) is 150 cm³/mol. The zero-order valence-electron chi connectivity index (χ0n) is 20.1. The van der Waals surface area contributed by atoms with E-state index in [1.807, 2.05) is 24.3 Å². The monoisotopic (exact) mass is 498 g/mol. The minimum absolute atomic E-state index is 0.125. The standard InChI is InChI=1S/C30H34O3Si2/c31-23-13-25-34(27-15-5-1-6-16-27,28-17-7-2-8-18-28)33-35(26-14-24-32,29-19-9-3-10-20-29)30-21-11-4-12-22-30/h1-12,15-22,31-32H,13-14,23-26H2. The first-order valence-electron chi connectivity index (χ1n) is 12.4. The van der Waals surface area contributed by atoms with Crippen LogP contribution in [0.4, 0.5) is 0 Å². The van der Waals surface area contributed by atoms with Gasteiger partial charge in [-0.1, -0.05) is 121 Å². The highest BCUT2D eigenvalue weighted by Crippen LogP contribution is 2.25. The molecule has 0 aliphatic rings. The van der Waals surface area contributed by atoms with Gasteiger partial charge in [0.25, 0.3) is 0 Å². The fourth-order valence-corrected chi connectivity index (χ4v) is 16.2. The van der Waals surface area contributed by atoms with E-state index >= 15 is 0 Å². The smallest absolute Gasteiger partial charge is 0.245 e. The third-order valence-corrected chi connectivity index (χ3v) is 16.6. The molecule has 0 amide bonds. The van der Waals surface area contributed by atoms with Crippen LogP contribution in [-0.2, 0) is 4.12 Å². The molecular weight excluding hydrogens is 464 g/mol. The van der Waals surface area contributed by atoms with E-state index in [0.29, 0.717) is 12.8 Å². The molecule has 0 heterocycles.